The van der Waals surface area contributed by atoms with Gasteiger partial charge in [-0.05, 0) is 38.3 Å². The van der Waals surface area contributed by atoms with E-state index in [0.29, 0.717) is 6.04 Å². The zero-order chi connectivity index (χ0) is 13.0. The Morgan fingerprint density at radius 1 is 1.44 bits per heavy atom. The normalized spacial score (nSPS) is 16.8. The highest BCUT2D eigenvalue weighted by molar-refractivity contribution is 5.48. The number of aromatic nitrogens is 1. The summed E-state index contributed by atoms with van der Waals surface area (Å²) in [7, 11) is 0. The van der Waals surface area contributed by atoms with Gasteiger partial charge in [-0.2, -0.15) is 0 Å². The third-order valence-corrected chi connectivity index (χ3v) is 3.49. The van der Waals surface area contributed by atoms with Crippen LogP contribution in [0.25, 0.3) is 0 Å². The van der Waals surface area contributed by atoms with E-state index in [-0.39, 0.29) is 6.61 Å². The average molecular weight is 250 g/mol. The predicted octanol–water partition coefficient (Wildman–Crippen LogP) is 1.89. The third-order valence-electron chi connectivity index (χ3n) is 3.49. The first kappa shape index (κ1) is 13.3. The molecule has 0 atom stereocenters. The summed E-state index contributed by atoms with van der Waals surface area (Å²) in [6, 6.07) is 2.49. The highest BCUT2D eigenvalue weighted by Crippen LogP contribution is 2.24. The number of nitrogens with zero attached hydrogens (tertiary/aromatic N) is 2. The lowest BCUT2D eigenvalue weighted by Crippen LogP contribution is -2.40. The van der Waals surface area contributed by atoms with E-state index in [2.05, 4.69) is 16.8 Å². The molecule has 1 N–H and O–H groups in total. The second-order valence-electron chi connectivity index (χ2n) is 4.78. The van der Waals surface area contributed by atoms with Gasteiger partial charge in [0.15, 0.2) is 0 Å². The van der Waals surface area contributed by atoms with Crippen LogP contribution in [-0.2, 0) is 11.3 Å². The standard InChI is InChI=1S/C14H22N2O2/c1-3-16(13-4-6-18-7-5-13)14-12(10-17)8-11(2)9-15-14/h8-9,13,17H,3-7,10H2,1-2H3. The molecule has 0 spiro atoms. The Kier molecular flexibility index (Phi) is 4.55. The van der Waals surface area contributed by atoms with Crippen molar-refractivity contribution in [2.75, 3.05) is 24.7 Å². The Labute approximate surface area is 109 Å². The van der Waals surface area contributed by atoms with Crippen LogP contribution < -0.4 is 4.90 Å². The van der Waals surface area contributed by atoms with E-state index >= 15 is 0 Å². The van der Waals surface area contributed by atoms with Gasteiger partial charge in [-0.1, -0.05) is 0 Å². The van der Waals surface area contributed by atoms with Crippen LogP contribution in [0.5, 0.6) is 0 Å². The van der Waals surface area contributed by atoms with Crippen molar-refractivity contribution in [2.45, 2.75) is 39.3 Å². The molecule has 18 heavy (non-hydrogen) atoms. The van der Waals surface area contributed by atoms with Crippen molar-refractivity contribution in [1.29, 1.82) is 0 Å². The van der Waals surface area contributed by atoms with E-state index < -0.39 is 0 Å². The molecule has 1 saturated heterocycles. The summed E-state index contributed by atoms with van der Waals surface area (Å²) in [5.41, 5.74) is 2.01. The number of aryl methyl sites for hydroxylation is 1. The van der Waals surface area contributed by atoms with Gasteiger partial charge in [0.05, 0.1) is 6.61 Å². The van der Waals surface area contributed by atoms with E-state index in [9.17, 15) is 5.11 Å². The van der Waals surface area contributed by atoms with Crippen LogP contribution in [0.15, 0.2) is 12.3 Å². The lowest BCUT2D eigenvalue weighted by molar-refractivity contribution is 0.0844. The molecule has 1 aromatic heterocycles. The summed E-state index contributed by atoms with van der Waals surface area (Å²) in [6.07, 6.45) is 3.94. The van der Waals surface area contributed by atoms with E-state index in [1.165, 1.54) is 0 Å². The molecule has 100 valence electrons. The van der Waals surface area contributed by atoms with Crippen molar-refractivity contribution in [3.05, 3.63) is 23.4 Å². The number of hydrogen-bond donors (Lipinski definition) is 1. The maximum atomic E-state index is 9.49. The molecule has 1 aromatic rings. The van der Waals surface area contributed by atoms with Crippen molar-refractivity contribution in [2.24, 2.45) is 0 Å². The van der Waals surface area contributed by atoms with Crippen LogP contribution in [0, 0.1) is 6.92 Å². The highest BCUT2D eigenvalue weighted by Gasteiger charge is 2.23. The summed E-state index contributed by atoms with van der Waals surface area (Å²) in [4.78, 5) is 6.82. The summed E-state index contributed by atoms with van der Waals surface area (Å²) < 4.78 is 5.41. The predicted molar refractivity (Wildman–Crippen MR) is 71.8 cm³/mol. The number of rotatable bonds is 4. The SMILES string of the molecule is CCN(c1ncc(C)cc1CO)C1CCOCC1. The van der Waals surface area contributed by atoms with E-state index in [0.717, 1.165) is 49.5 Å². The molecule has 0 unspecified atom stereocenters. The number of anilines is 1. The average Bonchev–Trinajstić information content (AvgIpc) is 2.42. The zero-order valence-electron chi connectivity index (χ0n) is 11.2. The molecule has 0 saturated carbocycles. The summed E-state index contributed by atoms with van der Waals surface area (Å²) in [5.74, 6) is 0.928. The minimum atomic E-state index is 0.0454. The lowest BCUT2D eigenvalue weighted by atomic mass is 10.1. The monoisotopic (exact) mass is 250 g/mol. The molecule has 0 bridgehead atoms. The van der Waals surface area contributed by atoms with Crippen molar-refractivity contribution >= 4 is 5.82 Å². The van der Waals surface area contributed by atoms with Gasteiger partial charge in [0, 0.05) is 37.6 Å². The Bertz CT molecular complexity index is 389. The van der Waals surface area contributed by atoms with Crippen LogP contribution in [0.1, 0.15) is 30.9 Å². The van der Waals surface area contributed by atoms with Gasteiger partial charge in [0.2, 0.25) is 0 Å². The molecule has 1 aliphatic heterocycles. The Balaban J connectivity index is 2.25. The molecule has 1 aliphatic rings. The maximum absolute atomic E-state index is 9.49. The molecule has 4 nitrogen and oxygen atoms in total. The lowest BCUT2D eigenvalue weighted by Gasteiger charge is -2.35. The molecule has 1 fully saturated rings. The smallest absolute Gasteiger partial charge is 0.134 e. The van der Waals surface area contributed by atoms with Crippen molar-refractivity contribution in [3.63, 3.8) is 0 Å². The second kappa shape index (κ2) is 6.16. The maximum Gasteiger partial charge on any atom is 0.134 e. The molecule has 0 aliphatic carbocycles. The molecule has 0 radical (unpaired) electrons. The largest absolute Gasteiger partial charge is 0.392 e. The first-order valence-corrected chi connectivity index (χ1v) is 6.67. The molecule has 0 amide bonds. The minimum Gasteiger partial charge on any atom is -0.392 e. The van der Waals surface area contributed by atoms with Gasteiger partial charge < -0.3 is 14.7 Å². The van der Waals surface area contributed by atoms with Gasteiger partial charge in [0.1, 0.15) is 5.82 Å². The first-order valence-electron chi connectivity index (χ1n) is 6.67. The van der Waals surface area contributed by atoms with Gasteiger partial charge >= 0.3 is 0 Å². The quantitative estimate of drug-likeness (QED) is 0.886. The van der Waals surface area contributed by atoms with Crippen molar-refractivity contribution in [1.82, 2.24) is 4.98 Å². The van der Waals surface area contributed by atoms with E-state index in [4.69, 9.17) is 4.74 Å². The summed E-state index contributed by atoms with van der Waals surface area (Å²) in [6.45, 7) is 6.74. The van der Waals surface area contributed by atoms with Crippen molar-refractivity contribution in [3.8, 4) is 0 Å². The molecule has 0 aromatic carbocycles. The molecule has 2 heterocycles. The molecular weight excluding hydrogens is 228 g/mol. The fourth-order valence-corrected chi connectivity index (χ4v) is 2.58. The topological polar surface area (TPSA) is 45.6 Å². The Morgan fingerprint density at radius 3 is 2.78 bits per heavy atom. The second-order valence-corrected chi connectivity index (χ2v) is 4.78. The van der Waals surface area contributed by atoms with Gasteiger partial charge in [-0.3, -0.25) is 0 Å². The van der Waals surface area contributed by atoms with Crippen LogP contribution in [0.3, 0.4) is 0 Å². The number of pyridine rings is 1. The Hall–Kier alpha value is -1.13. The van der Waals surface area contributed by atoms with E-state index in [1.807, 2.05) is 19.2 Å². The molecular formula is C14H22N2O2. The fourth-order valence-electron chi connectivity index (χ4n) is 2.58. The fraction of sp³-hybridized carbons (Fsp3) is 0.643. The van der Waals surface area contributed by atoms with Crippen LogP contribution >= 0.6 is 0 Å². The van der Waals surface area contributed by atoms with Gasteiger partial charge in [-0.15, -0.1) is 0 Å². The summed E-state index contributed by atoms with van der Waals surface area (Å²) >= 11 is 0. The van der Waals surface area contributed by atoms with Crippen LogP contribution in [0.2, 0.25) is 0 Å². The number of hydrogen-bond acceptors (Lipinski definition) is 4. The Morgan fingerprint density at radius 2 is 2.17 bits per heavy atom. The minimum absolute atomic E-state index is 0.0454. The zero-order valence-corrected chi connectivity index (χ0v) is 11.2. The third kappa shape index (κ3) is 2.82. The number of aliphatic hydroxyl groups excluding tert-OH is 1. The highest BCUT2D eigenvalue weighted by atomic mass is 16.5. The number of aliphatic hydroxyl groups is 1. The van der Waals surface area contributed by atoms with Gasteiger partial charge in [0.25, 0.3) is 0 Å². The number of ether oxygens (including phenoxy) is 1. The van der Waals surface area contributed by atoms with Crippen LogP contribution in [-0.4, -0.2) is 35.9 Å². The molecule has 2 rings (SSSR count). The van der Waals surface area contributed by atoms with Gasteiger partial charge in [-0.25, -0.2) is 4.98 Å². The summed E-state index contributed by atoms with van der Waals surface area (Å²) in [5, 5.41) is 9.49. The van der Waals surface area contributed by atoms with Crippen molar-refractivity contribution < 1.29 is 9.84 Å². The van der Waals surface area contributed by atoms with E-state index in [1.54, 1.807) is 0 Å². The van der Waals surface area contributed by atoms with Crippen LogP contribution in [0.4, 0.5) is 5.82 Å². The first-order chi connectivity index (χ1) is 8.76. The molecule has 4 heteroatoms.